The minimum atomic E-state index is -1.06. The van der Waals surface area contributed by atoms with E-state index in [1.165, 1.54) is 4.90 Å². The fraction of sp³-hybridized carbons (Fsp3) is 0.765. The highest BCUT2D eigenvalue weighted by molar-refractivity contribution is 6.37. The number of nitrogens with one attached hydrogen (secondary N) is 1. The van der Waals surface area contributed by atoms with Gasteiger partial charge in [-0.1, -0.05) is 33.1 Å². The lowest BCUT2D eigenvalue weighted by Gasteiger charge is -2.32. The quantitative estimate of drug-likeness (QED) is 0.456. The average molecular weight is 354 g/mol. The van der Waals surface area contributed by atoms with Crippen molar-refractivity contribution in [3.05, 3.63) is 0 Å². The van der Waals surface area contributed by atoms with E-state index in [9.17, 15) is 19.2 Å². The number of amides is 3. The van der Waals surface area contributed by atoms with Gasteiger partial charge in [-0.2, -0.15) is 0 Å². The standard InChI is InChI=1S/C17H30N4O4/c1-10(2)9-21(14(22)8-18)11(3)17(25)20-13(15(23)16(19)24)7-12-5-4-6-12/h10-13H,4-9,18H2,1-3H3,(H2,19,24)(H,20,25). The summed E-state index contributed by atoms with van der Waals surface area (Å²) in [5.74, 6) is -2.22. The van der Waals surface area contributed by atoms with Crippen LogP contribution < -0.4 is 16.8 Å². The van der Waals surface area contributed by atoms with Crippen molar-refractivity contribution < 1.29 is 19.2 Å². The van der Waals surface area contributed by atoms with Gasteiger partial charge in [-0.05, 0) is 25.2 Å². The molecule has 8 heteroatoms. The minimum absolute atomic E-state index is 0.156. The molecular formula is C17H30N4O4. The molecule has 0 aliphatic heterocycles. The molecule has 0 radical (unpaired) electrons. The predicted molar refractivity (Wildman–Crippen MR) is 93.2 cm³/mol. The lowest BCUT2D eigenvalue weighted by Crippen LogP contribution is -2.55. The Morgan fingerprint density at radius 2 is 1.76 bits per heavy atom. The van der Waals surface area contributed by atoms with Crippen molar-refractivity contribution >= 4 is 23.5 Å². The number of rotatable bonds is 10. The molecule has 0 heterocycles. The number of hydrogen-bond acceptors (Lipinski definition) is 5. The molecule has 1 fully saturated rings. The van der Waals surface area contributed by atoms with Crippen molar-refractivity contribution in [2.75, 3.05) is 13.1 Å². The number of primary amides is 1. The number of carbonyl (C=O) groups excluding carboxylic acids is 4. The van der Waals surface area contributed by atoms with Crippen LogP contribution in [-0.4, -0.2) is 53.6 Å². The lowest BCUT2D eigenvalue weighted by molar-refractivity contribution is -0.142. The number of ketones is 1. The summed E-state index contributed by atoms with van der Waals surface area (Å²) in [6.07, 6.45) is 3.42. The Balaban J connectivity index is 2.82. The summed E-state index contributed by atoms with van der Waals surface area (Å²) in [6.45, 7) is 5.62. The normalized spacial score (nSPS) is 16.7. The maximum Gasteiger partial charge on any atom is 0.287 e. The summed E-state index contributed by atoms with van der Waals surface area (Å²) < 4.78 is 0. The first-order valence-corrected chi connectivity index (χ1v) is 8.80. The number of hydrogen-bond donors (Lipinski definition) is 3. The number of carbonyl (C=O) groups is 4. The monoisotopic (exact) mass is 354 g/mol. The van der Waals surface area contributed by atoms with E-state index in [2.05, 4.69) is 5.32 Å². The highest BCUT2D eigenvalue weighted by atomic mass is 16.2. The molecule has 25 heavy (non-hydrogen) atoms. The molecule has 3 amide bonds. The summed E-state index contributed by atoms with van der Waals surface area (Å²) in [6, 6.07) is -1.73. The number of Topliss-reactive ketones (excluding diaryl/α,β-unsaturated/α-hetero) is 1. The van der Waals surface area contributed by atoms with Crippen LogP contribution in [0.5, 0.6) is 0 Å². The van der Waals surface area contributed by atoms with E-state index >= 15 is 0 Å². The lowest BCUT2D eigenvalue weighted by atomic mass is 9.80. The van der Waals surface area contributed by atoms with Gasteiger partial charge in [0.1, 0.15) is 6.04 Å². The SMILES string of the molecule is CC(C)CN(C(=O)CN)C(C)C(=O)NC(CC1CCC1)C(=O)C(N)=O. The van der Waals surface area contributed by atoms with E-state index in [4.69, 9.17) is 11.5 Å². The van der Waals surface area contributed by atoms with E-state index < -0.39 is 29.7 Å². The third-order valence-corrected chi connectivity index (χ3v) is 4.57. The Kier molecular flexibility index (Phi) is 8.02. The fourth-order valence-corrected chi connectivity index (χ4v) is 2.89. The van der Waals surface area contributed by atoms with E-state index in [0.717, 1.165) is 19.3 Å². The van der Waals surface area contributed by atoms with Gasteiger partial charge in [0.05, 0.1) is 12.6 Å². The summed E-state index contributed by atoms with van der Waals surface area (Å²) in [5.41, 5.74) is 10.5. The van der Waals surface area contributed by atoms with Crippen molar-refractivity contribution in [1.82, 2.24) is 10.2 Å². The Bertz CT molecular complexity index is 517. The molecule has 142 valence electrons. The van der Waals surface area contributed by atoms with Crippen LogP contribution in [-0.2, 0) is 19.2 Å². The molecular weight excluding hydrogens is 324 g/mol. The van der Waals surface area contributed by atoms with Gasteiger partial charge in [-0.15, -0.1) is 0 Å². The summed E-state index contributed by atoms with van der Waals surface area (Å²) in [7, 11) is 0. The number of nitrogens with two attached hydrogens (primary N) is 2. The zero-order valence-corrected chi connectivity index (χ0v) is 15.3. The van der Waals surface area contributed by atoms with Crippen molar-refractivity contribution in [2.45, 2.75) is 58.5 Å². The first kappa shape index (κ1) is 21.1. The van der Waals surface area contributed by atoms with Crippen LogP contribution in [0.3, 0.4) is 0 Å². The highest BCUT2D eigenvalue weighted by Crippen LogP contribution is 2.30. The van der Waals surface area contributed by atoms with Gasteiger partial charge in [0.2, 0.25) is 17.6 Å². The Morgan fingerprint density at radius 3 is 2.16 bits per heavy atom. The molecule has 0 spiro atoms. The Hall–Kier alpha value is -1.96. The molecule has 8 nitrogen and oxygen atoms in total. The smallest absolute Gasteiger partial charge is 0.287 e. The third kappa shape index (κ3) is 6.12. The van der Waals surface area contributed by atoms with E-state index in [-0.39, 0.29) is 18.4 Å². The maximum absolute atomic E-state index is 12.6. The van der Waals surface area contributed by atoms with E-state index in [1.807, 2.05) is 13.8 Å². The second-order valence-electron chi connectivity index (χ2n) is 7.14. The molecule has 1 rings (SSSR count). The molecule has 0 bridgehead atoms. The van der Waals surface area contributed by atoms with Crippen LogP contribution in [0.15, 0.2) is 0 Å². The molecule has 2 atom stereocenters. The molecule has 1 aliphatic carbocycles. The Morgan fingerprint density at radius 1 is 1.16 bits per heavy atom. The Labute approximate surface area is 148 Å². The maximum atomic E-state index is 12.6. The van der Waals surface area contributed by atoms with Gasteiger partial charge in [-0.25, -0.2) is 0 Å². The van der Waals surface area contributed by atoms with Gasteiger partial charge >= 0.3 is 0 Å². The van der Waals surface area contributed by atoms with Crippen molar-refractivity contribution in [3.8, 4) is 0 Å². The molecule has 0 aromatic carbocycles. The van der Waals surface area contributed by atoms with Gasteiger partial charge in [0, 0.05) is 6.54 Å². The summed E-state index contributed by atoms with van der Waals surface area (Å²) >= 11 is 0. The summed E-state index contributed by atoms with van der Waals surface area (Å²) in [5, 5.41) is 2.61. The average Bonchev–Trinajstić information content (AvgIpc) is 2.51. The first-order valence-electron chi connectivity index (χ1n) is 8.80. The van der Waals surface area contributed by atoms with E-state index in [1.54, 1.807) is 6.92 Å². The predicted octanol–water partition coefficient (Wildman–Crippen LogP) is -0.452. The molecule has 1 aliphatic rings. The fourth-order valence-electron chi connectivity index (χ4n) is 2.89. The van der Waals surface area contributed by atoms with Crippen LogP contribution >= 0.6 is 0 Å². The van der Waals surface area contributed by atoms with Gasteiger partial charge in [0.15, 0.2) is 0 Å². The van der Waals surface area contributed by atoms with Gasteiger partial charge in [0.25, 0.3) is 5.91 Å². The second-order valence-corrected chi connectivity index (χ2v) is 7.14. The molecule has 0 aromatic heterocycles. The number of nitrogens with zero attached hydrogens (tertiary/aromatic N) is 1. The van der Waals surface area contributed by atoms with Crippen LogP contribution in [0.1, 0.15) is 46.5 Å². The molecule has 2 unspecified atom stereocenters. The third-order valence-electron chi connectivity index (χ3n) is 4.57. The molecule has 0 aromatic rings. The first-order chi connectivity index (χ1) is 11.7. The largest absolute Gasteiger partial charge is 0.363 e. The van der Waals surface area contributed by atoms with Gasteiger partial charge in [-0.3, -0.25) is 19.2 Å². The van der Waals surface area contributed by atoms with Gasteiger partial charge < -0.3 is 21.7 Å². The minimum Gasteiger partial charge on any atom is -0.363 e. The molecule has 5 N–H and O–H groups in total. The van der Waals surface area contributed by atoms with Crippen LogP contribution in [0, 0.1) is 11.8 Å². The van der Waals surface area contributed by atoms with Crippen molar-refractivity contribution in [3.63, 3.8) is 0 Å². The second kappa shape index (κ2) is 9.50. The zero-order chi connectivity index (χ0) is 19.1. The molecule has 0 saturated heterocycles. The highest BCUT2D eigenvalue weighted by Gasteiger charge is 2.33. The van der Waals surface area contributed by atoms with Crippen LogP contribution in [0.4, 0.5) is 0 Å². The van der Waals surface area contributed by atoms with Crippen LogP contribution in [0.2, 0.25) is 0 Å². The van der Waals surface area contributed by atoms with Crippen molar-refractivity contribution in [1.29, 1.82) is 0 Å². The summed E-state index contributed by atoms with van der Waals surface area (Å²) in [4.78, 5) is 49.3. The topological polar surface area (TPSA) is 136 Å². The zero-order valence-electron chi connectivity index (χ0n) is 15.3. The van der Waals surface area contributed by atoms with E-state index in [0.29, 0.717) is 18.9 Å². The van der Waals surface area contributed by atoms with Crippen LogP contribution in [0.25, 0.3) is 0 Å². The van der Waals surface area contributed by atoms with Crippen molar-refractivity contribution in [2.24, 2.45) is 23.3 Å². The molecule has 1 saturated carbocycles.